The number of hydrogen-bond acceptors (Lipinski definition) is 2. The van der Waals surface area contributed by atoms with Crippen molar-refractivity contribution in [3.63, 3.8) is 0 Å². The van der Waals surface area contributed by atoms with Crippen LogP contribution in [0.4, 0.5) is 4.79 Å². The topological polar surface area (TPSA) is 42.8 Å². The van der Waals surface area contributed by atoms with Gasteiger partial charge in [0, 0.05) is 12.6 Å². The van der Waals surface area contributed by atoms with E-state index >= 15 is 0 Å². The number of amides is 1. The van der Waals surface area contributed by atoms with Gasteiger partial charge >= 0.3 is 6.09 Å². The molecule has 5 heteroatoms. The lowest BCUT2D eigenvalue weighted by Gasteiger charge is -2.12. The lowest BCUT2D eigenvalue weighted by molar-refractivity contribution is -0.872. The number of ether oxygens (including phenoxy) is 1. The molecule has 1 aromatic rings. The van der Waals surface area contributed by atoms with Gasteiger partial charge in [-0.1, -0.05) is 6.07 Å². The zero-order valence-electron chi connectivity index (χ0n) is 10.6. The first-order chi connectivity index (χ1) is 7.52. The molecular weight excluding hydrogens is 240 g/mol. The van der Waals surface area contributed by atoms with Gasteiger partial charge in [0.25, 0.3) is 0 Å². The third kappa shape index (κ3) is 5.06. The molecule has 1 amide bonds. The molecule has 1 aromatic carbocycles. The Morgan fingerprint density at radius 1 is 1.41 bits per heavy atom. The predicted molar refractivity (Wildman–Crippen MR) is 62.8 cm³/mol. The van der Waals surface area contributed by atoms with Crippen LogP contribution in [-0.2, 0) is 6.54 Å². The Hall–Kier alpha value is -1.26. The largest absolute Gasteiger partial charge is 1.00 e. The van der Waals surface area contributed by atoms with E-state index in [-0.39, 0.29) is 12.4 Å². The average molecular weight is 259 g/mol. The molecule has 0 aliphatic carbocycles. The van der Waals surface area contributed by atoms with E-state index in [0.717, 1.165) is 17.7 Å². The highest BCUT2D eigenvalue weighted by molar-refractivity contribution is 5.70. The molecule has 0 aromatic heterocycles. The molecule has 0 aliphatic heterocycles. The molecule has 0 fully saturated rings. The van der Waals surface area contributed by atoms with Crippen LogP contribution in [0.15, 0.2) is 18.2 Å². The normalized spacial score (nSPS) is 9.71. The van der Waals surface area contributed by atoms with Crippen molar-refractivity contribution < 1.29 is 26.8 Å². The summed E-state index contributed by atoms with van der Waals surface area (Å²) >= 11 is 0. The molecule has 0 spiro atoms. The number of rotatable bonds is 3. The third-order valence-corrected chi connectivity index (χ3v) is 2.17. The molecule has 0 atom stereocenters. The summed E-state index contributed by atoms with van der Waals surface area (Å²) in [5.74, 6) is 0.639. The number of nitrogens with one attached hydrogen (secondary N) is 2. The van der Waals surface area contributed by atoms with Gasteiger partial charge in [0.15, 0.2) is 0 Å². The van der Waals surface area contributed by atoms with Crippen molar-refractivity contribution in [3.8, 4) is 5.75 Å². The molecule has 2 N–H and O–H groups in total. The van der Waals surface area contributed by atoms with Crippen molar-refractivity contribution in [2.45, 2.75) is 13.5 Å². The number of quaternary nitrogens is 1. The highest BCUT2D eigenvalue weighted by Crippen LogP contribution is 2.19. The summed E-state index contributed by atoms with van der Waals surface area (Å²) in [6, 6.07) is 5.91. The second-order valence-electron chi connectivity index (χ2n) is 4.13. The molecule has 0 saturated carbocycles. The average Bonchev–Trinajstić information content (AvgIpc) is 2.21. The second-order valence-corrected chi connectivity index (χ2v) is 4.13. The van der Waals surface area contributed by atoms with E-state index in [1.54, 1.807) is 7.05 Å². The van der Waals surface area contributed by atoms with Crippen molar-refractivity contribution in [3.05, 3.63) is 29.3 Å². The van der Waals surface area contributed by atoms with Gasteiger partial charge in [0.1, 0.15) is 12.3 Å². The quantitative estimate of drug-likeness (QED) is 0.623. The van der Waals surface area contributed by atoms with E-state index in [1.807, 2.05) is 25.1 Å². The molecular formula is C12H19ClN2O2. The van der Waals surface area contributed by atoms with Crippen LogP contribution in [0.3, 0.4) is 0 Å². The van der Waals surface area contributed by atoms with Crippen LogP contribution < -0.4 is 27.4 Å². The lowest BCUT2D eigenvalue weighted by atomic mass is 10.1. The van der Waals surface area contributed by atoms with Crippen LogP contribution in [0, 0.1) is 6.92 Å². The number of halogens is 1. The maximum atomic E-state index is 11.2. The van der Waals surface area contributed by atoms with Crippen molar-refractivity contribution in [2.24, 2.45) is 0 Å². The Labute approximate surface area is 108 Å². The summed E-state index contributed by atoms with van der Waals surface area (Å²) in [5.41, 5.74) is 2.12. The summed E-state index contributed by atoms with van der Waals surface area (Å²) in [6.45, 7) is 2.80. The number of carbonyl (C=O) groups excluding carboxylic acids is 1. The fourth-order valence-electron chi connectivity index (χ4n) is 1.43. The van der Waals surface area contributed by atoms with E-state index in [9.17, 15) is 4.79 Å². The summed E-state index contributed by atoms with van der Waals surface area (Å²) in [4.78, 5) is 12.5. The van der Waals surface area contributed by atoms with Gasteiger partial charge in [-0.3, -0.25) is 0 Å². The highest BCUT2D eigenvalue weighted by atomic mass is 35.5. The van der Waals surface area contributed by atoms with Gasteiger partial charge in [0.05, 0.1) is 14.1 Å². The van der Waals surface area contributed by atoms with E-state index < -0.39 is 6.09 Å². The Bertz CT molecular complexity index is 381. The summed E-state index contributed by atoms with van der Waals surface area (Å²) < 4.78 is 5.21. The Morgan fingerprint density at radius 2 is 2.06 bits per heavy atom. The SMILES string of the molecule is CNC(=O)Oc1cc(C)ccc1C[NH+](C)C.[Cl-]. The highest BCUT2D eigenvalue weighted by Gasteiger charge is 2.10. The third-order valence-electron chi connectivity index (χ3n) is 2.17. The van der Waals surface area contributed by atoms with E-state index in [1.165, 1.54) is 4.90 Å². The van der Waals surface area contributed by atoms with Crippen LogP contribution in [-0.4, -0.2) is 27.2 Å². The lowest BCUT2D eigenvalue weighted by Crippen LogP contribution is -3.04. The predicted octanol–water partition coefficient (Wildman–Crippen LogP) is -2.64. The molecule has 1 rings (SSSR count). The van der Waals surface area contributed by atoms with Crippen molar-refractivity contribution in [1.82, 2.24) is 5.32 Å². The molecule has 0 radical (unpaired) electrons. The smallest absolute Gasteiger partial charge is 0.412 e. The minimum atomic E-state index is -0.430. The number of aryl methyl sites for hydroxylation is 1. The van der Waals surface area contributed by atoms with E-state index in [0.29, 0.717) is 5.75 Å². The molecule has 17 heavy (non-hydrogen) atoms. The zero-order valence-corrected chi connectivity index (χ0v) is 11.4. The Kier molecular flexibility index (Phi) is 6.61. The Balaban J connectivity index is 0.00000256. The minimum Gasteiger partial charge on any atom is -1.00 e. The molecule has 0 aliphatic rings. The van der Waals surface area contributed by atoms with Gasteiger partial charge in [-0.05, 0) is 24.6 Å². The fourth-order valence-corrected chi connectivity index (χ4v) is 1.43. The first-order valence-electron chi connectivity index (χ1n) is 5.31. The van der Waals surface area contributed by atoms with Crippen molar-refractivity contribution in [2.75, 3.05) is 21.1 Å². The summed E-state index contributed by atoms with van der Waals surface area (Å²) in [7, 11) is 5.67. The van der Waals surface area contributed by atoms with Crippen LogP contribution in [0.1, 0.15) is 11.1 Å². The monoisotopic (exact) mass is 258 g/mol. The maximum absolute atomic E-state index is 11.2. The van der Waals surface area contributed by atoms with Crippen LogP contribution in [0.5, 0.6) is 5.75 Å². The number of carbonyl (C=O) groups is 1. The molecule has 0 bridgehead atoms. The molecule has 0 unspecified atom stereocenters. The van der Waals surface area contributed by atoms with Crippen molar-refractivity contribution in [1.29, 1.82) is 0 Å². The molecule has 96 valence electrons. The van der Waals surface area contributed by atoms with Crippen LogP contribution in [0.2, 0.25) is 0 Å². The molecule has 0 saturated heterocycles. The van der Waals surface area contributed by atoms with Gasteiger partial charge in [-0.15, -0.1) is 0 Å². The molecule has 0 heterocycles. The number of hydrogen-bond donors (Lipinski definition) is 2. The second kappa shape index (κ2) is 7.14. The van der Waals surface area contributed by atoms with Gasteiger partial charge < -0.3 is 27.4 Å². The van der Waals surface area contributed by atoms with Crippen molar-refractivity contribution >= 4 is 6.09 Å². The molecule has 4 nitrogen and oxygen atoms in total. The standard InChI is InChI=1S/C12H18N2O2.ClH/c1-9-5-6-10(8-14(3)4)11(7-9)16-12(15)13-2;/h5-7H,8H2,1-4H3,(H,13,15);1H. The maximum Gasteiger partial charge on any atom is 0.412 e. The van der Waals surface area contributed by atoms with Crippen LogP contribution >= 0.6 is 0 Å². The Morgan fingerprint density at radius 3 is 2.59 bits per heavy atom. The van der Waals surface area contributed by atoms with Gasteiger partial charge in [0.2, 0.25) is 0 Å². The number of benzene rings is 1. The zero-order chi connectivity index (χ0) is 12.1. The summed E-state index contributed by atoms with van der Waals surface area (Å²) in [6.07, 6.45) is -0.430. The van der Waals surface area contributed by atoms with Gasteiger partial charge in [-0.2, -0.15) is 0 Å². The minimum absolute atomic E-state index is 0. The first-order valence-corrected chi connectivity index (χ1v) is 5.31. The summed E-state index contributed by atoms with van der Waals surface area (Å²) in [5, 5.41) is 2.45. The van der Waals surface area contributed by atoms with Crippen LogP contribution in [0.25, 0.3) is 0 Å². The van der Waals surface area contributed by atoms with Gasteiger partial charge in [-0.25, -0.2) is 4.79 Å². The van der Waals surface area contributed by atoms with E-state index in [2.05, 4.69) is 19.4 Å². The first kappa shape index (κ1) is 15.7. The fraction of sp³-hybridized carbons (Fsp3) is 0.417. The van der Waals surface area contributed by atoms with E-state index in [4.69, 9.17) is 4.74 Å².